The second-order valence-corrected chi connectivity index (χ2v) is 7.82. The van der Waals surface area contributed by atoms with Crippen molar-refractivity contribution in [3.8, 4) is 0 Å². The van der Waals surface area contributed by atoms with Crippen molar-refractivity contribution < 1.29 is 13.2 Å². The van der Waals surface area contributed by atoms with Crippen molar-refractivity contribution in [2.75, 3.05) is 4.90 Å². The van der Waals surface area contributed by atoms with Gasteiger partial charge in [-0.3, -0.25) is 9.69 Å². The number of sulfonamides is 1. The lowest BCUT2D eigenvalue weighted by molar-refractivity contribution is 0.106. The molecule has 1 aliphatic heterocycles. The number of amidine groups is 1. The van der Waals surface area contributed by atoms with Crippen LogP contribution in [-0.2, 0) is 10.0 Å². The van der Waals surface area contributed by atoms with Gasteiger partial charge in [0, 0.05) is 11.3 Å². The number of aryl methyl sites for hydroxylation is 1. The largest absolute Gasteiger partial charge is 0.290 e. The molecule has 4 rings (SSSR count). The third-order valence-corrected chi connectivity index (χ3v) is 5.63. The summed E-state index contributed by atoms with van der Waals surface area (Å²) in [5.74, 6) is -0.534. The Labute approximate surface area is 157 Å². The first-order valence-corrected chi connectivity index (χ1v) is 9.82. The van der Waals surface area contributed by atoms with Gasteiger partial charge in [-0.05, 0) is 43.3 Å². The summed E-state index contributed by atoms with van der Waals surface area (Å²) in [6, 6.07) is 22.5. The van der Waals surface area contributed by atoms with E-state index in [-0.39, 0.29) is 10.7 Å². The number of ketones is 1. The third-order valence-electron chi connectivity index (χ3n) is 4.34. The Kier molecular flexibility index (Phi) is 4.12. The summed E-state index contributed by atoms with van der Waals surface area (Å²) in [4.78, 5) is 14.5. The van der Waals surface area contributed by atoms with Crippen molar-refractivity contribution >= 4 is 33.0 Å². The van der Waals surface area contributed by atoms with Gasteiger partial charge in [0.25, 0.3) is 10.0 Å². The van der Waals surface area contributed by atoms with Gasteiger partial charge in [-0.25, -0.2) is 0 Å². The number of anilines is 2. The maximum absolute atomic E-state index is 12.9. The Morgan fingerprint density at radius 3 is 2.15 bits per heavy atom. The highest BCUT2D eigenvalue weighted by atomic mass is 32.2. The molecule has 0 unspecified atom stereocenters. The van der Waals surface area contributed by atoms with E-state index in [1.807, 2.05) is 37.3 Å². The third kappa shape index (κ3) is 3.04. The first-order chi connectivity index (χ1) is 13.0. The van der Waals surface area contributed by atoms with Crippen LogP contribution in [0.2, 0.25) is 0 Å². The number of carbonyl (C=O) groups is 1. The number of rotatable bonds is 3. The van der Waals surface area contributed by atoms with E-state index >= 15 is 0 Å². The normalized spacial score (nSPS) is 15.2. The second-order valence-electron chi connectivity index (χ2n) is 6.22. The van der Waals surface area contributed by atoms with Crippen LogP contribution in [0.25, 0.3) is 0 Å². The molecule has 0 aliphatic carbocycles. The van der Waals surface area contributed by atoms with Crippen LogP contribution in [0.4, 0.5) is 11.4 Å². The summed E-state index contributed by atoms with van der Waals surface area (Å²) in [6.07, 6.45) is 0. The number of hydrogen-bond donors (Lipinski definition) is 0. The molecule has 0 aromatic heterocycles. The molecule has 1 heterocycles. The standard InChI is InChI=1S/C21H16N2O3S/c1-15-11-13-17(14-12-15)27(25,26)22-21-20(24)18-9-5-6-10-19(18)23(21)16-7-3-2-4-8-16/h2-14H,1H3/b22-21-. The molecule has 6 heteroatoms. The predicted molar refractivity (Wildman–Crippen MR) is 105 cm³/mol. The zero-order valence-corrected chi connectivity index (χ0v) is 15.3. The lowest BCUT2D eigenvalue weighted by atomic mass is 10.1. The molecular weight excluding hydrogens is 360 g/mol. The molecule has 5 nitrogen and oxygen atoms in total. The van der Waals surface area contributed by atoms with Crippen molar-refractivity contribution in [1.82, 2.24) is 0 Å². The molecule has 0 fully saturated rings. The predicted octanol–water partition coefficient (Wildman–Crippen LogP) is 4.12. The van der Waals surface area contributed by atoms with E-state index in [1.165, 1.54) is 12.1 Å². The van der Waals surface area contributed by atoms with Gasteiger partial charge in [-0.15, -0.1) is 4.40 Å². The molecule has 0 bridgehead atoms. The SMILES string of the molecule is Cc1ccc(S(=O)(=O)/N=C2/C(=O)c3ccccc3N2c2ccccc2)cc1. The molecule has 3 aromatic rings. The van der Waals surface area contributed by atoms with E-state index in [1.54, 1.807) is 41.3 Å². The number of fused-ring (bicyclic) bond motifs is 1. The summed E-state index contributed by atoms with van der Waals surface area (Å²) >= 11 is 0. The van der Waals surface area contributed by atoms with Gasteiger partial charge in [0.05, 0.1) is 10.6 Å². The van der Waals surface area contributed by atoms with Crippen molar-refractivity contribution in [2.45, 2.75) is 11.8 Å². The Hall–Kier alpha value is -3.25. The molecule has 134 valence electrons. The lowest BCUT2D eigenvalue weighted by Gasteiger charge is -2.19. The molecule has 0 N–H and O–H groups in total. The van der Waals surface area contributed by atoms with Gasteiger partial charge in [-0.1, -0.05) is 48.0 Å². The molecule has 0 amide bonds. The minimum absolute atomic E-state index is 0.0531. The quantitative estimate of drug-likeness (QED) is 0.690. The van der Waals surface area contributed by atoms with E-state index in [0.29, 0.717) is 16.9 Å². The summed E-state index contributed by atoms with van der Waals surface area (Å²) in [5.41, 5.74) is 2.66. The Bertz CT molecular complexity index is 1150. The molecule has 0 spiro atoms. The number of Topliss-reactive ketones (excluding diaryl/α,β-unsaturated/α-hetero) is 1. The summed E-state index contributed by atoms with van der Waals surface area (Å²) in [5, 5.41) is 0. The summed E-state index contributed by atoms with van der Waals surface area (Å²) < 4.78 is 29.5. The Morgan fingerprint density at radius 2 is 1.44 bits per heavy atom. The Morgan fingerprint density at radius 1 is 0.815 bits per heavy atom. The van der Waals surface area contributed by atoms with Gasteiger partial charge in [-0.2, -0.15) is 8.42 Å². The van der Waals surface area contributed by atoms with E-state index in [4.69, 9.17) is 0 Å². The molecule has 1 aliphatic rings. The molecule has 0 atom stereocenters. The monoisotopic (exact) mass is 376 g/mol. The summed E-state index contributed by atoms with van der Waals surface area (Å²) in [6.45, 7) is 1.87. The van der Waals surface area contributed by atoms with Crippen molar-refractivity contribution in [3.05, 3.63) is 90.0 Å². The highest BCUT2D eigenvalue weighted by Crippen LogP contribution is 2.36. The second kappa shape index (κ2) is 6.48. The number of nitrogens with zero attached hydrogens (tertiary/aromatic N) is 2. The van der Waals surface area contributed by atoms with Crippen LogP contribution < -0.4 is 4.90 Å². The van der Waals surface area contributed by atoms with Crippen molar-refractivity contribution in [1.29, 1.82) is 0 Å². The van der Waals surface area contributed by atoms with E-state index in [0.717, 1.165) is 5.56 Å². The topological polar surface area (TPSA) is 66.8 Å². The zero-order valence-electron chi connectivity index (χ0n) is 14.5. The van der Waals surface area contributed by atoms with Gasteiger partial charge >= 0.3 is 0 Å². The van der Waals surface area contributed by atoms with Gasteiger partial charge in [0.15, 0.2) is 5.84 Å². The van der Waals surface area contributed by atoms with E-state index in [2.05, 4.69) is 4.40 Å². The average Bonchev–Trinajstić information content (AvgIpc) is 2.95. The fourth-order valence-corrected chi connectivity index (χ4v) is 3.97. The average molecular weight is 376 g/mol. The molecular formula is C21H16N2O3S. The number of para-hydroxylation sites is 2. The maximum atomic E-state index is 12.9. The van der Waals surface area contributed by atoms with Crippen molar-refractivity contribution in [3.63, 3.8) is 0 Å². The minimum atomic E-state index is -4.03. The molecule has 0 radical (unpaired) electrons. The molecule has 0 saturated carbocycles. The van der Waals surface area contributed by atoms with Crippen LogP contribution in [0, 0.1) is 6.92 Å². The van der Waals surface area contributed by atoms with Crippen LogP contribution in [0.15, 0.2) is 88.2 Å². The van der Waals surface area contributed by atoms with Crippen LogP contribution in [0.1, 0.15) is 15.9 Å². The van der Waals surface area contributed by atoms with Gasteiger partial charge in [0.2, 0.25) is 5.78 Å². The van der Waals surface area contributed by atoms with Gasteiger partial charge in [0.1, 0.15) is 0 Å². The van der Waals surface area contributed by atoms with Gasteiger partial charge < -0.3 is 0 Å². The van der Waals surface area contributed by atoms with Crippen LogP contribution in [0.5, 0.6) is 0 Å². The molecule has 3 aromatic carbocycles. The summed E-state index contributed by atoms with van der Waals surface area (Å²) in [7, 11) is -4.03. The van der Waals surface area contributed by atoms with Crippen LogP contribution in [-0.4, -0.2) is 20.0 Å². The first kappa shape index (κ1) is 17.2. The number of carbonyl (C=O) groups excluding carboxylic acids is 1. The zero-order chi connectivity index (χ0) is 19.0. The fraction of sp³-hybridized carbons (Fsp3) is 0.0476. The minimum Gasteiger partial charge on any atom is -0.290 e. The molecule has 0 saturated heterocycles. The maximum Gasteiger partial charge on any atom is 0.284 e. The van der Waals surface area contributed by atoms with Crippen LogP contribution in [0.3, 0.4) is 0 Å². The Balaban J connectivity index is 1.89. The highest BCUT2D eigenvalue weighted by molar-refractivity contribution is 7.90. The van der Waals surface area contributed by atoms with E-state index in [9.17, 15) is 13.2 Å². The molecule has 27 heavy (non-hydrogen) atoms. The van der Waals surface area contributed by atoms with E-state index < -0.39 is 15.8 Å². The lowest BCUT2D eigenvalue weighted by Crippen LogP contribution is -2.26. The number of benzene rings is 3. The van der Waals surface area contributed by atoms with Crippen molar-refractivity contribution in [2.24, 2.45) is 4.40 Å². The number of hydrogen-bond acceptors (Lipinski definition) is 3. The fourth-order valence-electron chi connectivity index (χ4n) is 2.99. The highest BCUT2D eigenvalue weighted by Gasteiger charge is 2.36. The first-order valence-electron chi connectivity index (χ1n) is 8.38. The van der Waals surface area contributed by atoms with Crippen LogP contribution >= 0.6 is 0 Å². The smallest absolute Gasteiger partial charge is 0.284 e.